The standard InChI is InChI=1S/C30H31FN6O3/c1-3-7-25-23(29(39)36(21-12-14-40-15-13-21)30-32-18(2)35-37(25)30)16-20-10-11-22(19-8-5-4-6-9-19)27(28(20)31)24-17-26(38)34-33-24/h4-6,8-11,21H,3,7,12-17H2,1-2H3,(H,34,38). The molecule has 0 saturated carbocycles. The number of carbonyl (C=O) groups excluding carboxylic acids is 1. The van der Waals surface area contributed by atoms with Crippen LogP contribution in [-0.4, -0.2) is 44.0 Å². The van der Waals surface area contributed by atoms with Gasteiger partial charge in [-0.3, -0.25) is 14.2 Å². The van der Waals surface area contributed by atoms with Gasteiger partial charge in [0.05, 0.1) is 17.8 Å². The quantitative estimate of drug-likeness (QED) is 0.378. The first kappa shape index (κ1) is 26.1. The number of amides is 1. The van der Waals surface area contributed by atoms with Crippen molar-refractivity contribution in [1.29, 1.82) is 0 Å². The van der Waals surface area contributed by atoms with Gasteiger partial charge in [0.25, 0.3) is 5.56 Å². The van der Waals surface area contributed by atoms with Crippen LogP contribution < -0.4 is 11.0 Å². The lowest BCUT2D eigenvalue weighted by molar-refractivity contribution is -0.119. The summed E-state index contributed by atoms with van der Waals surface area (Å²) in [5, 5.41) is 8.79. The monoisotopic (exact) mass is 542 g/mol. The van der Waals surface area contributed by atoms with Crippen molar-refractivity contribution >= 4 is 17.4 Å². The number of carbonyl (C=O) groups is 1. The molecule has 0 atom stereocenters. The van der Waals surface area contributed by atoms with Crippen LogP contribution in [0.5, 0.6) is 0 Å². The predicted molar refractivity (Wildman–Crippen MR) is 149 cm³/mol. The summed E-state index contributed by atoms with van der Waals surface area (Å²) in [5.41, 5.74) is 5.98. The SMILES string of the molecule is CCCc1c(Cc2ccc(-c3ccccc3)c(C3=NNC(=O)C3)c2F)c(=O)n(C2CCOCC2)c2nc(C)nn12. The van der Waals surface area contributed by atoms with Crippen LogP contribution >= 0.6 is 0 Å². The average Bonchev–Trinajstić information content (AvgIpc) is 3.57. The predicted octanol–water partition coefficient (Wildman–Crippen LogP) is 4.12. The van der Waals surface area contributed by atoms with Gasteiger partial charge < -0.3 is 4.74 Å². The molecule has 4 heterocycles. The molecule has 40 heavy (non-hydrogen) atoms. The molecular weight excluding hydrogens is 511 g/mol. The van der Waals surface area contributed by atoms with Crippen molar-refractivity contribution in [2.75, 3.05) is 13.2 Å². The molecule has 0 unspecified atom stereocenters. The van der Waals surface area contributed by atoms with Crippen molar-refractivity contribution in [3.8, 4) is 11.1 Å². The summed E-state index contributed by atoms with van der Waals surface area (Å²) >= 11 is 0. The summed E-state index contributed by atoms with van der Waals surface area (Å²) in [6, 6.07) is 13.0. The second-order valence-corrected chi connectivity index (χ2v) is 10.3. The van der Waals surface area contributed by atoms with Gasteiger partial charge in [0, 0.05) is 36.8 Å². The van der Waals surface area contributed by atoms with Gasteiger partial charge in [-0.05, 0) is 42.9 Å². The van der Waals surface area contributed by atoms with Gasteiger partial charge in [-0.2, -0.15) is 15.2 Å². The number of aryl methyl sites for hydroxylation is 2. The van der Waals surface area contributed by atoms with Crippen molar-refractivity contribution in [2.45, 2.75) is 58.4 Å². The smallest absolute Gasteiger partial charge is 0.259 e. The summed E-state index contributed by atoms with van der Waals surface area (Å²) in [4.78, 5) is 30.9. The van der Waals surface area contributed by atoms with E-state index in [1.807, 2.05) is 50.2 Å². The normalized spacial score (nSPS) is 16.0. The average molecular weight is 543 g/mol. The van der Waals surface area contributed by atoms with Gasteiger partial charge in [0.15, 0.2) is 0 Å². The number of hydrogen-bond donors (Lipinski definition) is 1. The molecule has 4 aromatic rings. The number of aromatic nitrogens is 4. The highest BCUT2D eigenvalue weighted by Gasteiger charge is 2.28. The van der Waals surface area contributed by atoms with Gasteiger partial charge in [-0.1, -0.05) is 55.8 Å². The van der Waals surface area contributed by atoms with Crippen LogP contribution in [0.4, 0.5) is 4.39 Å². The van der Waals surface area contributed by atoms with Crippen LogP contribution in [-0.2, 0) is 22.4 Å². The lowest BCUT2D eigenvalue weighted by Gasteiger charge is -2.26. The van der Waals surface area contributed by atoms with Crippen LogP contribution in [0, 0.1) is 12.7 Å². The number of hydrogen-bond acceptors (Lipinski definition) is 6. The van der Waals surface area contributed by atoms with Gasteiger partial charge in [0.2, 0.25) is 11.7 Å². The van der Waals surface area contributed by atoms with Crippen molar-refractivity contribution < 1.29 is 13.9 Å². The summed E-state index contributed by atoms with van der Waals surface area (Å²) in [7, 11) is 0. The van der Waals surface area contributed by atoms with E-state index >= 15 is 4.39 Å². The topological polar surface area (TPSA) is 103 Å². The van der Waals surface area contributed by atoms with E-state index in [1.165, 1.54) is 0 Å². The number of halogens is 1. The van der Waals surface area contributed by atoms with Crippen LogP contribution in [0.1, 0.15) is 66.9 Å². The Morgan fingerprint density at radius 1 is 1.10 bits per heavy atom. The molecular formula is C30H31FN6O3. The van der Waals surface area contributed by atoms with E-state index in [4.69, 9.17) is 4.74 Å². The Bertz CT molecular complexity index is 1690. The molecule has 0 aliphatic carbocycles. The van der Waals surface area contributed by atoms with Crippen LogP contribution in [0.25, 0.3) is 16.9 Å². The minimum absolute atomic E-state index is 0.0119. The maximum Gasteiger partial charge on any atom is 0.259 e. The molecule has 0 bridgehead atoms. The fourth-order valence-electron chi connectivity index (χ4n) is 5.76. The molecule has 1 N–H and O–H groups in total. The van der Waals surface area contributed by atoms with Crippen molar-refractivity contribution in [3.05, 3.63) is 86.8 Å². The third-order valence-corrected chi connectivity index (χ3v) is 7.64. The zero-order valence-corrected chi connectivity index (χ0v) is 22.6. The zero-order chi connectivity index (χ0) is 27.8. The molecule has 1 amide bonds. The highest BCUT2D eigenvalue weighted by atomic mass is 19.1. The van der Waals surface area contributed by atoms with E-state index in [0.29, 0.717) is 66.5 Å². The lowest BCUT2D eigenvalue weighted by Crippen LogP contribution is -2.34. The molecule has 2 aromatic carbocycles. The first-order valence-corrected chi connectivity index (χ1v) is 13.8. The summed E-state index contributed by atoms with van der Waals surface area (Å²) < 4.78 is 25.6. The third kappa shape index (κ3) is 4.62. The van der Waals surface area contributed by atoms with E-state index in [0.717, 1.165) is 17.7 Å². The van der Waals surface area contributed by atoms with E-state index in [9.17, 15) is 9.59 Å². The fourth-order valence-corrected chi connectivity index (χ4v) is 5.76. The maximum atomic E-state index is 16.5. The Kier molecular flexibility index (Phi) is 7.02. The molecule has 6 rings (SSSR count). The van der Waals surface area contributed by atoms with Crippen LogP contribution in [0.15, 0.2) is 52.4 Å². The maximum absolute atomic E-state index is 16.5. The molecule has 1 saturated heterocycles. The van der Waals surface area contributed by atoms with Crippen molar-refractivity contribution in [2.24, 2.45) is 5.10 Å². The lowest BCUT2D eigenvalue weighted by atomic mass is 9.90. The van der Waals surface area contributed by atoms with E-state index < -0.39 is 5.82 Å². The Morgan fingerprint density at radius 2 is 1.88 bits per heavy atom. The van der Waals surface area contributed by atoms with Crippen molar-refractivity contribution in [1.82, 2.24) is 24.6 Å². The largest absolute Gasteiger partial charge is 0.381 e. The minimum atomic E-state index is -0.481. The highest BCUT2D eigenvalue weighted by molar-refractivity contribution is 6.16. The zero-order valence-electron chi connectivity index (χ0n) is 22.6. The molecule has 0 spiro atoms. The minimum Gasteiger partial charge on any atom is -0.381 e. The van der Waals surface area contributed by atoms with Gasteiger partial charge >= 0.3 is 0 Å². The number of benzene rings is 2. The van der Waals surface area contributed by atoms with Crippen LogP contribution in [0.2, 0.25) is 0 Å². The summed E-state index contributed by atoms with van der Waals surface area (Å²) in [6.45, 7) is 4.98. The Hall–Kier alpha value is -4.18. The molecule has 206 valence electrons. The molecule has 2 aromatic heterocycles. The number of rotatable bonds is 7. The highest BCUT2D eigenvalue weighted by Crippen LogP contribution is 2.31. The first-order valence-electron chi connectivity index (χ1n) is 13.8. The second-order valence-electron chi connectivity index (χ2n) is 10.3. The van der Waals surface area contributed by atoms with Crippen molar-refractivity contribution in [3.63, 3.8) is 0 Å². The number of ether oxygens (including phenoxy) is 1. The third-order valence-electron chi connectivity index (χ3n) is 7.64. The number of fused-ring (bicyclic) bond motifs is 1. The second kappa shape index (κ2) is 10.8. The molecule has 10 heteroatoms. The number of nitrogens with zero attached hydrogens (tertiary/aromatic N) is 5. The number of nitrogens with one attached hydrogen (secondary N) is 1. The van der Waals surface area contributed by atoms with Crippen LogP contribution in [0.3, 0.4) is 0 Å². The van der Waals surface area contributed by atoms with Gasteiger partial charge in [0.1, 0.15) is 11.6 Å². The molecule has 0 radical (unpaired) electrons. The first-order chi connectivity index (χ1) is 19.5. The molecule has 9 nitrogen and oxygen atoms in total. The number of hydrazone groups is 1. The summed E-state index contributed by atoms with van der Waals surface area (Å²) in [5.74, 6) is 0.334. The molecule has 2 aliphatic heterocycles. The van der Waals surface area contributed by atoms with Gasteiger partial charge in [-0.25, -0.2) is 14.3 Å². The Morgan fingerprint density at radius 3 is 2.58 bits per heavy atom. The Balaban J connectivity index is 1.54. The Labute approximate surface area is 230 Å². The van der Waals surface area contributed by atoms with E-state index in [2.05, 4.69) is 20.6 Å². The molecule has 1 fully saturated rings. The van der Waals surface area contributed by atoms with E-state index in [1.54, 1.807) is 15.1 Å². The van der Waals surface area contributed by atoms with Gasteiger partial charge in [-0.15, -0.1) is 0 Å². The fraction of sp³-hybridized carbons (Fsp3) is 0.367. The van der Waals surface area contributed by atoms with E-state index in [-0.39, 0.29) is 35.9 Å². The summed E-state index contributed by atoms with van der Waals surface area (Å²) in [6.07, 6.45) is 2.84. The molecule has 2 aliphatic rings.